The number of nitrogens with one attached hydrogen (secondary N) is 6. The summed E-state index contributed by atoms with van der Waals surface area (Å²) in [5.41, 5.74) is 4.73. The quantitative estimate of drug-likeness (QED) is 0.0492. The van der Waals surface area contributed by atoms with Gasteiger partial charge >= 0.3 is 0 Å². The lowest BCUT2D eigenvalue weighted by atomic mass is 9.86. The highest BCUT2D eigenvalue weighted by molar-refractivity contribution is 5.88. The van der Waals surface area contributed by atoms with Gasteiger partial charge in [-0.1, -0.05) is 118 Å². The summed E-state index contributed by atoms with van der Waals surface area (Å²) in [5, 5.41) is 11.9. The third-order valence-corrected chi connectivity index (χ3v) is 10.2. The van der Waals surface area contributed by atoms with Crippen LogP contribution in [0.3, 0.4) is 0 Å². The number of carbonyl (C=O) groups is 4. The Bertz CT molecular complexity index is 1910. The minimum absolute atomic E-state index is 0.0658. The fraction of sp³-hybridized carbons (Fsp3) is 0.542. The first-order valence-electron chi connectivity index (χ1n) is 21.9. The van der Waals surface area contributed by atoms with Crippen molar-refractivity contribution in [3.8, 4) is 33.6 Å². The van der Waals surface area contributed by atoms with Crippen LogP contribution in [-0.4, -0.2) is 82.1 Å². The molecule has 6 N–H and O–H groups in total. The molecule has 0 aliphatic rings. The van der Waals surface area contributed by atoms with E-state index < -0.39 is 35.1 Å². The number of hydrogen-bond acceptors (Lipinski definition) is 8. The van der Waals surface area contributed by atoms with Gasteiger partial charge in [-0.3, -0.25) is 19.2 Å². The molecule has 338 valence electrons. The Morgan fingerprint density at radius 2 is 0.887 bits per heavy atom. The number of amides is 4. The summed E-state index contributed by atoms with van der Waals surface area (Å²) in [7, 11) is 0. The van der Waals surface area contributed by atoms with Gasteiger partial charge in [-0.2, -0.15) is 0 Å². The van der Waals surface area contributed by atoms with Crippen LogP contribution in [0.25, 0.3) is 33.6 Å². The standard InChI is InChI=1S/C48H70N8O6/c1-13-61-37(23-39(57)49-25-29(3)4)45(59)55-41(47(7,8)9)43-51-27-35(53-43)33-19-15-31(16-20-33)32-17-21-34(22-18-32)36-28-52-44(54-36)42(48(10,11)12)56-46(60)38(62-14-2)24-40(58)50-26-30(5)6/h15-22,27-30,37-38,41-42H,13-14,23-26H2,1-12H3,(H,49,57)(H,50,58)(H,51,53)(H,52,54)(H,55,59)(H,56,60)/t37-,38-,41?,42?/m1/s1. The van der Waals surface area contributed by atoms with E-state index in [2.05, 4.69) is 65.5 Å². The van der Waals surface area contributed by atoms with Gasteiger partial charge in [0, 0.05) is 26.3 Å². The molecule has 0 aliphatic heterocycles. The second-order valence-corrected chi connectivity index (χ2v) is 18.8. The van der Waals surface area contributed by atoms with E-state index in [0.29, 0.717) is 49.8 Å². The zero-order valence-corrected chi connectivity index (χ0v) is 38.8. The smallest absolute Gasteiger partial charge is 0.250 e. The molecule has 4 aromatic rings. The topological polar surface area (TPSA) is 192 Å². The Labute approximate surface area is 367 Å². The molecule has 2 unspecified atom stereocenters. The molecule has 2 aromatic carbocycles. The lowest BCUT2D eigenvalue weighted by Gasteiger charge is -2.31. The number of aromatic nitrogens is 4. The summed E-state index contributed by atoms with van der Waals surface area (Å²) < 4.78 is 11.4. The maximum absolute atomic E-state index is 13.5. The van der Waals surface area contributed by atoms with Gasteiger partial charge in [-0.15, -0.1) is 0 Å². The maximum atomic E-state index is 13.5. The molecule has 62 heavy (non-hydrogen) atoms. The van der Waals surface area contributed by atoms with Crippen LogP contribution in [0, 0.1) is 22.7 Å². The van der Waals surface area contributed by atoms with Crippen LogP contribution in [-0.2, 0) is 28.7 Å². The van der Waals surface area contributed by atoms with E-state index in [1.807, 2.05) is 93.5 Å². The summed E-state index contributed by atoms with van der Waals surface area (Å²) in [6.45, 7) is 25.5. The number of aromatic amines is 2. The Morgan fingerprint density at radius 3 is 1.18 bits per heavy atom. The normalized spacial score (nSPS) is 14.0. The average molecular weight is 855 g/mol. The second-order valence-electron chi connectivity index (χ2n) is 18.8. The number of H-pyrrole nitrogens is 2. The van der Waals surface area contributed by atoms with Gasteiger partial charge in [-0.25, -0.2) is 9.97 Å². The number of ether oxygens (including phenoxy) is 2. The first-order chi connectivity index (χ1) is 29.2. The molecule has 2 heterocycles. The van der Waals surface area contributed by atoms with Crippen molar-refractivity contribution in [1.82, 2.24) is 41.2 Å². The van der Waals surface area contributed by atoms with Crippen LogP contribution in [0.2, 0.25) is 0 Å². The van der Waals surface area contributed by atoms with Crippen LogP contribution < -0.4 is 21.3 Å². The van der Waals surface area contributed by atoms with Crippen molar-refractivity contribution in [2.75, 3.05) is 26.3 Å². The predicted molar refractivity (Wildman–Crippen MR) is 243 cm³/mol. The lowest BCUT2D eigenvalue weighted by Crippen LogP contribution is -2.45. The predicted octanol–water partition coefficient (Wildman–Crippen LogP) is 7.68. The van der Waals surface area contributed by atoms with E-state index in [1.54, 1.807) is 26.2 Å². The van der Waals surface area contributed by atoms with Crippen LogP contribution in [0.4, 0.5) is 0 Å². The third-order valence-electron chi connectivity index (χ3n) is 10.2. The number of hydrogen-bond donors (Lipinski definition) is 6. The van der Waals surface area contributed by atoms with E-state index in [4.69, 9.17) is 9.47 Å². The zero-order chi connectivity index (χ0) is 45.8. The van der Waals surface area contributed by atoms with Crippen molar-refractivity contribution >= 4 is 23.6 Å². The molecule has 4 amide bonds. The van der Waals surface area contributed by atoms with E-state index >= 15 is 0 Å². The largest absolute Gasteiger partial charge is 0.368 e. The fourth-order valence-corrected chi connectivity index (χ4v) is 6.78. The number of rotatable bonds is 21. The molecule has 0 fully saturated rings. The molecule has 4 rings (SSSR count). The van der Waals surface area contributed by atoms with Gasteiger partial charge in [0.1, 0.15) is 23.9 Å². The highest BCUT2D eigenvalue weighted by atomic mass is 16.5. The molecule has 0 aliphatic carbocycles. The summed E-state index contributed by atoms with van der Waals surface area (Å²) >= 11 is 0. The van der Waals surface area contributed by atoms with Gasteiger partial charge in [0.05, 0.1) is 48.7 Å². The Morgan fingerprint density at radius 1 is 0.565 bits per heavy atom. The SMILES string of the molecule is CCO[C@H](CC(=O)NCC(C)C)C(=O)NC(c1ncc(-c2ccc(-c3ccc(-c4cnc(C(NC(=O)[C@@H](CC(=O)NCC(C)C)OCC)C(C)(C)C)[nH]4)cc3)cc2)[nH]1)C(C)(C)C. The number of nitrogens with zero attached hydrogens (tertiary/aromatic N) is 2. The van der Waals surface area contributed by atoms with Gasteiger partial charge < -0.3 is 40.7 Å². The molecular formula is C48H70N8O6. The highest BCUT2D eigenvalue weighted by Gasteiger charge is 2.35. The number of benzene rings is 2. The number of carbonyl (C=O) groups excluding carboxylic acids is 4. The molecule has 0 bridgehead atoms. The van der Waals surface area contributed by atoms with Crippen LogP contribution in [0.5, 0.6) is 0 Å². The highest BCUT2D eigenvalue weighted by Crippen LogP contribution is 2.35. The second kappa shape index (κ2) is 22.1. The zero-order valence-electron chi connectivity index (χ0n) is 38.8. The first kappa shape index (κ1) is 49.3. The summed E-state index contributed by atoms with van der Waals surface area (Å²) in [4.78, 5) is 68.3. The maximum Gasteiger partial charge on any atom is 0.250 e. The van der Waals surface area contributed by atoms with Gasteiger partial charge in [0.25, 0.3) is 0 Å². The monoisotopic (exact) mass is 855 g/mol. The van der Waals surface area contributed by atoms with Crippen molar-refractivity contribution in [3.05, 3.63) is 72.6 Å². The fourth-order valence-electron chi connectivity index (χ4n) is 6.78. The molecular weight excluding hydrogens is 785 g/mol. The summed E-state index contributed by atoms with van der Waals surface area (Å²) in [6.07, 6.45) is 1.55. The van der Waals surface area contributed by atoms with Crippen LogP contribution in [0.15, 0.2) is 60.9 Å². The Kier molecular flexibility index (Phi) is 17.6. The molecule has 0 saturated carbocycles. The third kappa shape index (κ3) is 14.4. The van der Waals surface area contributed by atoms with E-state index in [0.717, 1.165) is 33.6 Å². The molecule has 4 atom stereocenters. The lowest BCUT2D eigenvalue weighted by molar-refractivity contribution is -0.139. The van der Waals surface area contributed by atoms with Crippen molar-refractivity contribution < 1.29 is 28.7 Å². The van der Waals surface area contributed by atoms with Crippen molar-refractivity contribution in [2.45, 2.75) is 120 Å². The molecule has 0 saturated heterocycles. The van der Waals surface area contributed by atoms with Crippen molar-refractivity contribution in [1.29, 1.82) is 0 Å². The molecule has 2 aromatic heterocycles. The molecule has 0 spiro atoms. The minimum atomic E-state index is -0.924. The molecule has 0 radical (unpaired) electrons. The van der Waals surface area contributed by atoms with Crippen LogP contribution in [0.1, 0.15) is 120 Å². The van der Waals surface area contributed by atoms with Gasteiger partial charge in [-0.05, 0) is 58.8 Å². The average Bonchev–Trinajstić information content (AvgIpc) is 3.90. The van der Waals surface area contributed by atoms with Crippen molar-refractivity contribution in [3.63, 3.8) is 0 Å². The number of imidazole rings is 2. The van der Waals surface area contributed by atoms with Gasteiger partial charge in [0.15, 0.2) is 0 Å². The van der Waals surface area contributed by atoms with E-state index in [1.165, 1.54) is 0 Å². The summed E-state index contributed by atoms with van der Waals surface area (Å²) in [5.74, 6) is 0.622. The molecule has 14 nitrogen and oxygen atoms in total. The van der Waals surface area contributed by atoms with Crippen molar-refractivity contribution in [2.24, 2.45) is 22.7 Å². The summed E-state index contributed by atoms with van der Waals surface area (Å²) in [6, 6.07) is 15.4. The minimum Gasteiger partial charge on any atom is -0.368 e. The molecule has 14 heteroatoms. The Balaban J connectivity index is 1.45. The van der Waals surface area contributed by atoms with E-state index in [9.17, 15) is 19.2 Å². The Hall–Kier alpha value is -5.34. The van der Waals surface area contributed by atoms with Gasteiger partial charge in [0.2, 0.25) is 23.6 Å². The van der Waals surface area contributed by atoms with Crippen LogP contribution >= 0.6 is 0 Å². The van der Waals surface area contributed by atoms with E-state index in [-0.39, 0.29) is 36.5 Å². The first-order valence-corrected chi connectivity index (χ1v) is 21.9.